The molecule has 0 saturated heterocycles. The van der Waals surface area contributed by atoms with Gasteiger partial charge in [-0.1, -0.05) is 59.9 Å². The molecule has 128 valence electrons. The number of carbonyl (C=O) groups is 2. The average Bonchev–Trinajstić information content (AvgIpc) is 3.27. The van der Waals surface area contributed by atoms with Crippen LogP contribution in [0, 0.1) is 0 Å². The smallest absolute Gasteiger partial charge is 0.246 e. The summed E-state index contributed by atoms with van der Waals surface area (Å²) in [5.41, 5.74) is 2.36. The molecule has 1 amide bonds. The summed E-state index contributed by atoms with van der Waals surface area (Å²) in [6.07, 6.45) is 2.49. The SMILES string of the molecule is O=Cc1cn(CC(=O)Nc2nnc(-c3ccccc3)s2)c2ccccc12. The first-order valence-corrected chi connectivity index (χ1v) is 8.78. The van der Waals surface area contributed by atoms with E-state index in [9.17, 15) is 9.59 Å². The molecule has 1 N–H and O–H groups in total. The zero-order chi connectivity index (χ0) is 17.9. The van der Waals surface area contributed by atoms with Gasteiger partial charge < -0.3 is 4.57 Å². The molecule has 0 atom stereocenters. The van der Waals surface area contributed by atoms with Crippen LogP contribution in [0.3, 0.4) is 0 Å². The predicted molar refractivity (Wildman–Crippen MR) is 101 cm³/mol. The molecular formula is C19H14N4O2S. The second kappa shape index (κ2) is 6.89. The number of aldehydes is 1. The monoisotopic (exact) mass is 362 g/mol. The molecule has 7 heteroatoms. The number of aromatic nitrogens is 3. The minimum absolute atomic E-state index is 0.0919. The maximum Gasteiger partial charge on any atom is 0.246 e. The summed E-state index contributed by atoms with van der Waals surface area (Å²) in [5, 5.41) is 12.9. The number of fused-ring (bicyclic) bond motifs is 1. The lowest BCUT2D eigenvalue weighted by Gasteiger charge is -2.04. The van der Waals surface area contributed by atoms with Gasteiger partial charge in [0, 0.05) is 28.2 Å². The number of benzene rings is 2. The van der Waals surface area contributed by atoms with E-state index in [2.05, 4.69) is 15.5 Å². The highest BCUT2D eigenvalue weighted by molar-refractivity contribution is 7.18. The Bertz CT molecular complexity index is 1090. The molecule has 6 nitrogen and oxygen atoms in total. The van der Waals surface area contributed by atoms with E-state index in [1.54, 1.807) is 10.8 Å². The number of nitrogens with zero attached hydrogens (tertiary/aromatic N) is 3. The van der Waals surface area contributed by atoms with Crippen LogP contribution in [0.4, 0.5) is 5.13 Å². The first-order chi connectivity index (χ1) is 12.7. The van der Waals surface area contributed by atoms with Gasteiger partial charge in [0.25, 0.3) is 0 Å². The lowest BCUT2D eigenvalue weighted by atomic mass is 10.2. The van der Waals surface area contributed by atoms with Crippen molar-refractivity contribution in [2.75, 3.05) is 5.32 Å². The van der Waals surface area contributed by atoms with Crippen LogP contribution in [0.25, 0.3) is 21.5 Å². The molecule has 0 aliphatic heterocycles. The van der Waals surface area contributed by atoms with Gasteiger partial charge in [0.05, 0.1) is 0 Å². The highest BCUT2D eigenvalue weighted by Crippen LogP contribution is 2.26. The highest BCUT2D eigenvalue weighted by atomic mass is 32.1. The Kier molecular flexibility index (Phi) is 4.28. The molecule has 0 spiro atoms. The summed E-state index contributed by atoms with van der Waals surface area (Å²) in [5.74, 6) is -0.223. The largest absolute Gasteiger partial charge is 0.337 e. The van der Waals surface area contributed by atoms with E-state index < -0.39 is 0 Å². The number of rotatable bonds is 5. The second-order valence-electron chi connectivity index (χ2n) is 5.67. The van der Waals surface area contributed by atoms with Crippen LogP contribution in [0.1, 0.15) is 10.4 Å². The van der Waals surface area contributed by atoms with E-state index in [4.69, 9.17) is 0 Å². The number of carbonyl (C=O) groups excluding carboxylic acids is 2. The van der Waals surface area contributed by atoms with Crippen molar-refractivity contribution in [3.63, 3.8) is 0 Å². The third-order valence-corrected chi connectivity index (χ3v) is 4.84. The molecule has 0 aliphatic carbocycles. The molecule has 0 aliphatic rings. The number of hydrogen-bond donors (Lipinski definition) is 1. The van der Waals surface area contributed by atoms with Crippen LogP contribution in [-0.4, -0.2) is 27.0 Å². The Morgan fingerprint density at radius 3 is 2.65 bits per heavy atom. The van der Waals surface area contributed by atoms with Crippen molar-refractivity contribution >= 4 is 39.6 Å². The quantitative estimate of drug-likeness (QED) is 0.550. The van der Waals surface area contributed by atoms with E-state index in [0.717, 1.165) is 27.8 Å². The van der Waals surface area contributed by atoms with Gasteiger partial charge in [-0.2, -0.15) is 0 Å². The van der Waals surface area contributed by atoms with E-state index in [-0.39, 0.29) is 12.5 Å². The highest BCUT2D eigenvalue weighted by Gasteiger charge is 2.13. The van der Waals surface area contributed by atoms with E-state index >= 15 is 0 Å². The summed E-state index contributed by atoms with van der Waals surface area (Å²) in [6, 6.07) is 17.2. The van der Waals surface area contributed by atoms with E-state index in [1.807, 2.05) is 54.6 Å². The van der Waals surface area contributed by atoms with Gasteiger partial charge in [0.15, 0.2) is 6.29 Å². The third-order valence-electron chi connectivity index (χ3n) is 3.95. The summed E-state index contributed by atoms with van der Waals surface area (Å²) < 4.78 is 1.76. The minimum Gasteiger partial charge on any atom is -0.337 e. The van der Waals surface area contributed by atoms with Crippen LogP contribution >= 0.6 is 11.3 Å². The zero-order valence-corrected chi connectivity index (χ0v) is 14.4. The molecule has 0 saturated carbocycles. The molecular weight excluding hydrogens is 348 g/mol. The number of nitrogens with one attached hydrogen (secondary N) is 1. The maximum atomic E-state index is 12.4. The molecule has 4 rings (SSSR count). The van der Waals surface area contributed by atoms with Gasteiger partial charge in [-0.05, 0) is 6.07 Å². The van der Waals surface area contributed by atoms with Crippen molar-refractivity contribution in [1.82, 2.24) is 14.8 Å². The number of anilines is 1. The van der Waals surface area contributed by atoms with Gasteiger partial charge in [0.1, 0.15) is 11.6 Å². The molecule has 0 fully saturated rings. The van der Waals surface area contributed by atoms with Crippen LogP contribution in [-0.2, 0) is 11.3 Å². The molecule has 0 radical (unpaired) electrons. The molecule has 4 aromatic rings. The van der Waals surface area contributed by atoms with E-state index in [1.165, 1.54) is 11.3 Å². The van der Waals surface area contributed by atoms with Gasteiger partial charge in [-0.25, -0.2) is 0 Å². The molecule has 26 heavy (non-hydrogen) atoms. The average molecular weight is 362 g/mol. The van der Waals surface area contributed by atoms with Gasteiger partial charge in [-0.15, -0.1) is 10.2 Å². The fourth-order valence-electron chi connectivity index (χ4n) is 2.78. The molecule has 0 unspecified atom stereocenters. The number of amides is 1. The Hall–Kier alpha value is -3.32. The first-order valence-electron chi connectivity index (χ1n) is 7.96. The summed E-state index contributed by atoms with van der Waals surface area (Å²) in [6.45, 7) is 0.0919. The van der Waals surface area contributed by atoms with Crippen molar-refractivity contribution < 1.29 is 9.59 Å². The maximum absolute atomic E-state index is 12.4. The summed E-state index contributed by atoms with van der Waals surface area (Å²) >= 11 is 1.32. The van der Waals surface area contributed by atoms with Crippen LogP contribution in [0.2, 0.25) is 0 Å². The minimum atomic E-state index is -0.223. The zero-order valence-electron chi connectivity index (χ0n) is 13.6. The topological polar surface area (TPSA) is 76.9 Å². The van der Waals surface area contributed by atoms with E-state index in [0.29, 0.717) is 10.7 Å². The Balaban J connectivity index is 1.52. The van der Waals surface area contributed by atoms with Crippen LogP contribution < -0.4 is 5.32 Å². The Morgan fingerprint density at radius 1 is 1.08 bits per heavy atom. The predicted octanol–water partition coefficient (Wildman–Crippen LogP) is 3.61. The fraction of sp³-hybridized carbons (Fsp3) is 0.0526. The fourth-order valence-corrected chi connectivity index (χ4v) is 3.55. The van der Waals surface area contributed by atoms with Crippen LogP contribution in [0.15, 0.2) is 60.8 Å². The number of hydrogen-bond acceptors (Lipinski definition) is 5. The molecule has 2 aromatic heterocycles. The summed E-state index contributed by atoms with van der Waals surface area (Å²) in [4.78, 5) is 23.6. The Labute approximate surface area is 153 Å². The van der Waals surface area contributed by atoms with Crippen molar-refractivity contribution in [2.45, 2.75) is 6.54 Å². The van der Waals surface area contributed by atoms with Crippen molar-refractivity contribution in [1.29, 1.82) is 0 Å². The van der Waals surface area contributed by atoms with Crippen molar-refractivity contribution in [3.8, 4) is 10.6 Å². The molecule has 2 aromatic carbocycles. The number of para-hydroxylation sites is 1. The lowest BCUT2D eigenvalue weighted by molar-refractivity contribution is -0.116. The van der Waals surface area contributed by atoms with Crippen molar-refractivity contribution in [2.24, 2.45) is 0 Å². The molecule has 2 heterocycles. The second-order valence-corrected chi connectivity index (χ2v) is 6.65. The summed E-state index contributed by atoms with van der Waals surface area (Å²) in [7, 11) is 0. The van der Waals surface area contributed by atoms with Gasteiger partial charge in [0.2, 0.25) is 11.0 Å². The Morgan fingerprint density at radius 2 is 1.85 bits per heavy atom. The third kappa shape index (κ3) is 3.12. The van der Waals surface area contributed by atoms with Gasteiger partial charge in [-0.3, -0.25) is 14.9 Å². The first kappa shape index (κ1) is 16.2. The lowest BCUT2D eigenvalue weighted by Crippen LogP contribution is -2.18. The van der Waals surface area contributed by atoms with Crippen LogP contribution in [0.5, 0.6) is 0 Å². The van der Waals surface area contributed by atoms with Crippen molar-refractivity contribution in [3.05, 3.63) is 66.4 Å². The molecule has 0 bridgehead atoms. The standard InChI is InChI=1S/C19H14N4O2S/c24-12-14-10-23(16-9-5-4-8-15(14)16)11-17(25)20-19-22-21-18(26-19)13-6-2-1-3-7-13/h1-10,12H,11H2,(H,20,22,25). The normalized spacial score (nSPS) is 10.8. The van der Waals surface area contributed by atoms with Gasteiger partial charge >= 0.3 is 0 Å².